The number of aryl methyl sites for hydroxylation is 2. The van der Waals surface area contributed by atoms with E-state index in [4.69, 9.17) is 0 Å². The molecule has 0 aliphatic carbocycles. The van der Waals surface area contributed by atoms with Gasteiger partial charge in [0.15, 0.2) is 0 Å². The number of rotatable bonds is 5. The summed E-state index contributed by atoms with van der Waals surface area (Å²) in [4.78, 5) is 24.8. The summed E-state index contributed by atoms with van der Waals surface area (Å²) < 4.78 is 3.70. The fourth-order valence-corrected chi connectivity index (χ4v) is 3.03. The van der Waals surface area contributed by atoms with Gasteiger partial charge in [-0.15, -0.1) is 0 Å². The molecule has 0 aliphatic rings. The highest BCUT2D eigenvalue weighted by Gasteiger charge is 2.16. The zero-order valence-corrected chi connectivity index (χ0v) is 15.8. The van der Waals surface area contributed by atoms with Crippen molar-refractivity contribution in [3.8, 4) is 0 Å². The molecule has 9 heteroatoms. The van der Waals surface area contributed by atoms with Crippen LogP contribution in [0.4, 0.5) is 11.4 Å². The number of anilines is 2. The molecule has 1 aromatic carbocycles. The average molecular weight is 417 g/mol. The molecule has 0 radical (unpaired) electrons. The van der Waals surface area contributed by atoms with Gasteiger partial charge in [-0.25, -0.2) is 0 Å². The second-order valence-corrected chi connectivity index (χ2v) is 6.34. The van der Waals surface area contributed by atoms with E-state index in [1.165, 1.54) is 4.68 Å². The molecule has 2 N–H and O–H groups in total. The van der Waals surface area contributed by atoms with Gasteiger partial charge in [-0.3, -0.25) is 19.0 Å². The van der Waals surface area contributed by atoms with Crippen LogP contribution in [0.3, 0.4) is 0 Å². The number of benzene rings is 1. The number of carbonyl (C=O) groups is 2. The second-order valence-electron chi connectivity index (χ2n) is 5.49. The Bertz CT molecular complexity index is 942. The number of carbonyl (C=O) groups excluding carboxylic acids is 2. The third kappa shape index (κ3) is 3.67. The lowest BCUT2D eigenvalue weighted by Crippen LogP contribution is -2.18. The van der Waals surface area contributed by atoms with Gasteiger partial charge in [-0.2, -0.15) is 10.2 Å². The van der Waals surface area contributed by atoms with Crippen LogP contribution < -0.4 is 10.6 Å². The Kier molecular flexibility index (Phi) is 5.17. The van der Waals surface area contributed by atoms with Crippen molar-refractivity contribution in [1.29, 1.82) is 0 Å². The topological polar surface area (TPSA) is 93.8 Å². The molecule has 0 atom stereocenters. The van der Waals surface area contributed by atoms with E-state index in [0.717, 1.165) is 0 Å². The number of nitrogens with zero attached hydrogens (tertiary/aromatic N) is 4. The molecule has 0 aliphatic heterocycles. The van der Waals surface area contributed by atoms with Crippen LogP contribution in [0.15, 0.2) is 47.2 Å². The lowest BCUT2D eigenvalue weighted by molar-refractivity contribution is 0.101. The van der Waals surface area contributed by atoms with Crippen LogP contribution in [0.1, 0.15) is 27.9 Å². The minimum Gasteiger partial charge on any atom is -0.321 e. The summed E-state index contributed by atoms with van der Waals surface area (Å²) in [6.45, 7) is 2.52. The number of aromatic nitrogens is 4. The number of hydrogen-bond donors (Lipinski definition) is 2. The average Bonchev–Trinajstić information content (AvgIpc) is 3.21. The summed E-state index contributed by atoms with van der Waals surface area (Å²) in [6.07, 6.45) is 3.14. The zero-order valence-electron chi connectivity index (χ0n) is 14.2. The number of halogens is 1. The molecule has 8 nitrogen and oxygen atoms in total. The molecular formula is C17H17BrN6O2. The second kappa shape index (κ2) is 7.52. The van der Waals surface area contributed by atoms with E-state index in [1.807, 2.05) is 6.92 Å². The summed E-state index contributed by atoms with van der Waals surface area (Å²) in [6, 6.07) is 8.59. The van der Waals surface area contributed by atoms with Crippen LogP contribution in [0.25, 0.3) is 0 Å². The predicted octanol–water partition coefficient (Wildman–Crippen LogP) is 2.90. The first kappa shape index (κ1) is 17.9. The van der Waals surface area contributed by atoms with E-state index in [9.17, 15) is 9.59 Å². The minimum absolute atomic E-state index is 0.262. The molecule has 26 heavy (non-hydrogen) atoms. The molecule has 0 spiro atoms. The Morgan fingerprint density at radius 3 is 2.42 bits per heavy atom. The van der Waals surface area contributed by atoms with Gasteiger partial charge in [0, 0.05) is 31.2 Å². The smallest absolute Gasteiger partial charge is 0.275 e. The van der Waals surface area contributed by atoms with E-state index in [0.29, 0.717) is 33.8 Å². The van der Waals surface area contributed by atoms with Crippen LogP contribution in [-0.2, 0) is 13.6 Å². The maximum Gasteiger partial charge on any atom is 0.275 e. The van der Waals surface area contributed by atoms with E-state index in [-0.39, 0.29) is 11.8 Å². The molecule has 3 rings (SSSR count). The summed E-state index contributed by atoms with van der Waals surface area (Å²) in [5.41, 5.74) is 2.01. The number of hydrogen-bond acceptors (Lipinski definition) is 4. The van der Waals surface area contributed by atoms with Gasteiger partial charge < -0.3 is 10.6 Å². The molecule has 2 aromatic heterocycles. The van der Waals surface area contributed by atoms with Gasteiger partial charge in [-0.1, -0.05) is 6.07 Å². The van der Waals surface area contributed by atoms with Crippen LogP contribution in [-0.4, -0.2) is 31.4 Å². The molecule has 2 heterocycles. The zero-order chi connectivity index (χ0) is 18.7. The molecule has 3 aromatic rings. The van der Waals surface area contributed by atoms with Crippen molar-refractivity contribution in [1.82, 2.24) is 19.6 Å². The Morgan fingerprint density at radius 1 is 1.12 bits per heavy atom. The fourth-order valence-electron chi connectivity index (χ4n) is 2.50. The van der Waals surface area contributed by atoms with Gasteiger partial charge in [0.05, 0.1) is 10.7 Å². The highest BCUT2D eigenvalue weighted by atomic mass is 79.9. The summed E-state index contributed by atoms with van der Waals surface area (Å²) >= 11 is 3.30. The van der Waals surface area contributed by atoms with Crippen molar-refractivity contribution in [3.63, 3.8) is 0 Å². The number of nitrogens with one attached hydrogen (secondary N) is 2. The standard InChI is InChI=1S/C17H17BrN6O2/c1-3-24-14(7-8-19-24)16(25)21-11-5-4-6-12(9-11)22-17(26)15-13(18)10-20-23(15)2/h4-10H,3H2,1-2H3,(H,21,25)(H,22,26). The first-order chi connectivity index (χ1) is 12.5. The number of amides is 2. The van der Waals surface area contributed by atoms with Crippen LogP contribution >= 0.6 is 15.9 Å². The van der Waals surface area contributed by atoms with Gasteiger partial charge in [0.2, 0.25) is 0 Å². The Labute approximate surface area is 158 Å². The Morgan fingerprint density at radius 2 is 1.81 bits per heavy atom. The molecule has 134 valence electrons. The van der Waals surface area contributed by atoms with Crippen LogP contribution in [0.2, 0.25) is 0 Å². The van der Waals surface area contributed by atoms with Crippen molar-refractivity contribution in [2.24, 2.45) is 7.05 Å². The molecule has 0 bridgehead atoms. The lowest BCUT2D eigenvalue weighted by Gasteiger charge is -2.10. The summed E-state index contributed by atoms with van der Waals surface area (Å²) in [7, 11) is 1.69. The summed E-state index contributed by atoms with van der Waals surface area (Å²) in [5, 5.41) is 13.7. The van der Waals surface area contributed by atoms with Crippen molar-refractivity contribution < 1.29 is 9.59 Å². The van der Waals surface area contributed by atoms with Crippen molar-refractivity contribution in [2.45, 2.75) is 13.5 Å². The maximum absolute atomic E-state index is 12.4. The monoisotopic (exact) mass is 416 g/mol. The van der Waals surface area contributed by atoms with Crippen LogP contribution in [0.5, 0.6) is 0 Å². The Hall–Kier alpha value is -2.94. The van der Waals surface area contributed by atoms with E-state index in [2.05, 4.69) is 36.8 Å². The minimum atomic E-state index is -0.301. The molecule has 0 saturated carbocycles. The van der Waals surface area contributed by atoms with E-state index < -0.39 is 0 Å². The van der Waals surface area contributed by atoms with Gasteiger partial charge in [0.1, 0.15) is 11.4 Å². The maximum atomic E-state index is 12.4. The SMILES string of the molecule is CCn1nccc1C(=O)Nc1cccc(NC(=O)c2c(Br)cnn2C)c1. The Balaban J connectivity index is 1.74. The largest absolute Gasteiger partial charge is 0.321 e. The fraction of sp³-hybridized carbons (Fsp3) is 0.176. The molecule has 0 unspecified atom stereocenters. The van der Waals surface area contributed by atoms with Gasteiger partial charge in [-0.05, 0) is 47.1 Å². The van der Waals surface area contributed by atoms with Crippen molar-refractivity contribution in [2.75, 3.05) is 10.6 Å². The molecular weight excluding hydrogens is 400 g/mol. The lowest BCUT2D eigenvalue weighted by atomic mass is 10.2. The molecule has 2 amide bonds. The first-order valence-corrected chi connectivity index (χ1v) is 8.71. The van der Waals surface area contributed by atoms with Crippen molar-refractivity contribution in [3.05, 3.63) is 58.6 Å². The predicted molar refractivity (Wildman–Crippen MR) is 101 cm³/mol. The van der Waals surface area contributed by atoms with E-state index in [1.54, 1.807) is 54.5 Å². The third-order valence-electron chi connectivity index (χ3n) is 3.74. The van der Waals surface area contributed by atoms with Crippen LogP contribution in [0, 0.1) is 0 Å². The van der Waals surface area contributed by atoms with Gasteiger partial charge in [0.25, 0.3) is 11.8 Å². The highest BCUT2D eigenvalue weighted by Crippen LogP contribution is 2.20. The quantitative estimate of drug-likeness (QED) is 0.668. The summed E-state index contributed by atoms with van der Waals surface area (Å²) in [5.74, 6) is -0.563. The van der Waals surface area contributed by atoms with Gasteiger partial charge >= 0.3 is 0 Å². The molecule has 0 saturated heterocycles. The van der Waals surface area contributed by atoms with E-state index >= 15 is 0 Å². The third-order valence-corrected chi connectivity index (χ3v) is 4.32. The first-order valence-electron chi connectivity index (χ1n) is 7.91. The highest BCUT2D eigenvalue weighted by molar-refractivity contribution is 9.10. The molecule has 0 fully saturated rings. The van der Waals surface area contributed by atoms with Crippen molar-refractivity contribution >= 4 is 39.1 Å². The normalized spacial score (nSPS) is 10.6.